The Hall–Kier alpha value is -1.31. The highest BCUT2D eigenvalue weighted by Gasteiger charge is 2.13. The second-order valence-corrected chi connectivity index (χ2v) is 5.75. The first-order valence-electron chi connectivity index (χ1n) is 7.57. The summed E-state index contributed by atoms with van der Waals surface area (Å²) in [4.78, 5) is 11.9. The van der Waals surface area contributed by atoms with Gasteiger partial charge >= 0.3 is 0 Å². The number of amides is 1. The topological polar surface area (TPSA) is 29.1 Å². The van der Waals surface area contributed by atoms with E-state index < -0.39 is 0 Å². The number of rotatable bonds is 5. The van der Waals surface area contributed by atoms with Gasteiger partial charge in [-0.05, 0) is 30.4 Å². The molecule has 0 atom stereocenters. The monoisotopic (exact) mass is 259 g/mol. The van der Waals surface area contributed by atoms with Crippen LogP contribution in [0.1, 0.15) is 49.7 Å². The van der Waals surface area contributed by atoms with Crippen molar-refractivity contribution in [1.29, 1.82) is 0 Å². The van der Waals surface area contributed by atoms with Crippen LogP contribution in [0.5, 0.6) is 0 Å². The van der Waals surface area contributed by atoms with Gasteiger partial charge in [0.2, 0.25) is 5.91 Å². The van der Waals surface area contributed by atoms with E-state index in [2.05, 4.69) is 18.3 Å². The van der Waals surface area contributed by atoms with Crippen LogP contribution in [0.4, 0.5) is 0 Å². The zero-order valence-corrected chi connectivity index (χ0v) is 12.0. The summed E-state index contributed by atoms with van der Waals surface area (Å²) >= 11 is 0. The number of carbonyl (C=O) groups is 1. The first kappa shape index (κ1) is 14.1. The normalized spacial score (nSPS) is 16.3. The minimum Gasteiger partial charge on any atom is -0.356 e. The SMILES string of the molecule is Cc1ccccc1CC(=O)NCCC1CCCCC1. The third-order valence-corrected chi connectivity index (χ3v) is 4.21. The van der Waals surface area contributed by atoms with Crippen molar-refractivity contribution in [2.75, 3.05) is 6.54 Å². The molecule has 0 unspecified atom stereocenters. The van der Waals surface area contributed by atoms with Gasteiger partial charge in [-0.15, -0.1) is 0 Å². The molecule has 2 nitrogen and oxygen atoms in total. The number of carbonyl (C=O) groups excluding carboxylic acids is 1. The molecule has 0 saturated heterocycles. The Morgan fingerprint density at radius 3 is 2.68 bits per heavy atom. The zero-order valence-electron chi connectivity index (χ0n) is 12.0. The van der Waals surface area contributed by atoms with Crippen molar-refractivity contribution in [3.8, 4) is 0 Å². The molecule has 104 valence electrons. The maximum atomic E-state index is 11.9. The highest BCUT2D eigenvalue weighted by atomic mass is 16.1. The molecule has 0 aliphatic heterocycles. The summed E-state index contributed by atoms with van der Waals surface area (Å²) in [6, 6.07) is 8.11. The number of hydrogen-bond acceptors (Lipinski definition) is 1. The molecule has 0 aromatic heterocycles. The smallest absolute Gasteiger partial charge is 0.224 e. The summed E-state index contributed by atoms with van der Waals surface area (Å²) in [6.45, 7) is 2.90. The van der Waals surface area contributed by atoms with E-state index >= 15 is 0 Å². The van der Waals surface area contributed by atoms with Gasteiger partial charge in [0.25, 0.3) is 0 Å². The lowest BCUT2D eigenvalue weighted by molar-refractivity contribution is -0.120. The fraction of sp³-hybridized carbons (Fsp3) is 0.588. The zero-order chi connectivity index (χ0) is 13.5. The lowest BCUT2D eigenvalue weighted by atomic mass is 9.87. The first-order valence-corrected chi connectivity index (χ1v) is 7.57. The molecule has 1 saturated carbocycles. The van der Waals surface area contributed by atoms with Gasteiger partial charge in [0, 0.05) is 6.54 Å². The van der Waals surface area contributed by atoms with Gasteiger partial charge in [0.05, 0.1) is 6.42 Å². The number of aryl methyl sites for hydroxylation is 1. The van der Waals surface area contributed by atoms with Crippen LogP contribution in [-0.4, -0.2) is 12.5 Å². The van der Waals surface area contributed by atoms with Gasteiger partial charge in [0.15, 0.2) is 0 Å². The van der Waals surface area contributed by atoms with Crippen LogP contribution in [0.15, 0.2) is 24.3 Å². The van der Waals surface area contributed by atoms with Gasteiger partial charge in [-0.25, -0.2) is 0 Å². The molecule has 1 N–H and O–H groups in total. The molecule has 0 radical (unpaired) electrons. The summed E-state index contributed by atoms with van der Waals surface area (Å²) in [5.41, 5.74) is 2.34. The number of hydrogen-bond donors (Lipinski definition) is 1. The minimum absolute atomic E-state index is 0.158. The third kappa shape index (κ3) is 4.70. The van der Waals surface area contributed by atoms with E-state index in [-0.39, 0.29) is 5.91 Å². The fourth-order valence-electron chi connectivity index (χ4n) is 2.94. The molecule has 19 heavy (non-hydrogen) atoms. The van der Waals surface area contributed by atoms with Crippen molar-refractivity contribution in [3.05, 3.63) is 35.4 Å². The molecule has 1 aromatic carbocycles. The van der Waals surface area contributed by atoms with Crippen LogP contribution in [0, 0.1) is 12.8 Å². The third-order valence-electron chi connectivity index (χ3n) is 4.21. The maximum Gasteiger partial charge on any atom is 0.224 e. The van der Waals surface area contributed by atoms with Crippen LogP contribution in [0.25, 0.3) is 0 Å². The fourth-order valence-corrected chi connectivity index (χ4v) is 2.94. The Labute approximate surface area is 116 Å². The quantitative estimate of drug-likeness (QED) is 0.859. The van der Waals surface area contributed by atoms with Gasteiger partial charge in [-0.2, -0.15) is 0 Å². The van der Waals surface area contributed by atoms with Crippen molar-refractivity contribution >= 4 is 5.91 Å². The van der Waals surface area contributed by atoms with E-state index in [0.29, 0.717) is 6.42 Å². The summed E-state index contributed by atoms with van der Waals surface area (Å²) < 4.78 is 0. The van der Waals surface area contributed by atoms with Crippen molar-refractivity contribution in [2.45, 2.75) is 51.9 Å². The Kier molecular flexibility index (Phi) is 5.44. The summed E-state index contributed by atoms with van der Waals surface area (Å²) in [6.07, 6.45) is 8.53. The van der Waals surface area contributed by atoms with Crippen molar-refractivity contribution in [2.24, 2.45) is 5.92 Å². The van der Waals surface area contributed by atoms with Crippen LogP contribution in [-0.2, 0) is 11.2 Å². The van der Waals surface area contributed by atoms with E-state index in [1.54, 1.807) is 0 Å². The van der Waals surface area contributed by atoms with E-state index in [0.717, 1.165) is 24.4 Å². The predicted molar refractivity (Wildman–Crippen MR) is 79.1 cm³/mol. The van der Waals surface area contributed by atoms with Gasteiger partial charge < -0.3 is 5.32 Å². The standard InChI is InChI=1S/C17H25NO/c1-14-7-5-6-10-16(14)13-17(19)18-12-11-15-8-3-2-4-9-15/h5-7,10,15H,2-4,8-9,11-13H2,1H3,(H,18,19). The minimum atomic E-state index is 0.158. The van der Waals surface area contributed by atoms with Crippen LogP contribution in [0.2, 0.25) is 0 Å². The highest BCUT2D eigenvalue weighted by molar-refractivity contribution is 5.78. The maximum absolute atomic E-state index is 11.9. The molecule has 1 amide bonds. The molecule has 2 heteroatoms. The molecule has 1 aliphatic rings. The average molecular weight is 259 g/mol. The van der Waals surface area contributed by atoms with Gasteiger partial charge in [0.1, 0.15) is 0 Å². The summed E-state index contributed by atoms with van der Waals surface area (Å²) in [5, 5.41) is 3.07. The Morgan fingerprint density at radius 2 is 1.95 bits per heavy atom. The van der Waals surface area contributed by atoms with Gasteiger partial charge in [-0.1, -0.05) is 56.4 Å². The molecule has 1 aliphatic carbocycles. The molecule has 0 bridgehead atoms. The molecular weight excluding hydrogens is 234 g/mol. The summed E-state index contributed by atoms with van der Waals surface area (Å²) in [5.74, 6) is 0.998. The van der Waals surface area contributed by atoms with Gasteiger partial charge in [-0.3, -0.25) is 4.79 Å². The highest BCUT2D eigenvalue weighted by Crippen LogP contribution is 2.25. The lowest BCUT2D eigenvalue weighted by Gasteiger charge is -2.21. The molecule has 0 heterocycles. The van der Waals surface area contributed by atoms with Crippen molar-refractivity contribution < 1.29 is 4.79 Å². The van der Waals surface area contributed by atoms with Crippen LogP contribution in [0.3, 0.4) is 0 Å². The largest absolute Gasteiger partial charge is 0.356 e. The van der Waals surface area contributed by atoms with Crippen molar-refractivity contribution in [1.82, 2.24) is 5.32 Å². The second-order valence-electron chi connectivity index (χ2n) is 5.75. The van der Waals surface area contributed by atoms with E-state index in [1.807, 2.05) is 18.2 Å². The molecule has 0 spiro atoms. The molecule has 1 fully saturated rings. The van der Waals surface area contributed by atoms with E-state index in [9.17, 15) is 4.79 Å². The number of benzene rings is 1. The number of nitrogens with one attached hydrogen (secondary N) is 1. The molecule has 1 aromatic rings. The van der Waals surface area contributed by atoms with Crippen LogP contribution >= 0.6 is 0 Å². The molecular formula is C17H25NO. The Bertz CT molecular complexity index is 407. The van der Waals surface area contributed by atoms with E-state index in [1.165, 1.54) is 37.7 Å². The first-order chi connectivity index (χ1) is 9.25. The second kappa shape index (κ2) is 7.32. The average Bonchev–Trinajstić information content (AvgIpc) is 2.43. The van der Waals surface area contributed by atoms with Crippen molar-refractivity contribution in [3.63, 3.8) is 0 Å². The lowest BCUT2D eigenvalue weighted by Crippen LogP contribution is -2.28. The molecule has 2 rings (SSSR count). The van der Waals surface area contributed by atoms with Crippen LogP contribution < -0.4 is 5.32 Å². The Balaban J connectivity index is 1.68. The Morgan fingerprint density at radius 1 is 1.21 bits per heavy atom. The van der Waals surface area contributed by atoms with E-state index in [4.69, 9.17) is 0 Å². The predicted octanol–water partition coefficient (Wildman–Crippen LogP) is 3.62. The summed E-state index contributed by atoms with van der Waals surface area (Å²) in [7, 11) is 0.